The highest BCUT2D eigenvalue weighted by atomic mass is 32.1. The topological polar surface area (TPSA) is 69.1 Å². The predicted octanol–water partition coefficient (Wildman–Crippen LogP) is 2.94. The summed E-state index contributed by atoms with van der Waals surface area (Å²) in [6.07, 6.45) is 1.04. The van der Waals surface area contributed by atoms with E-state index in [-0.39, 0.29) is 0 Å². The van der Waals surface area contributed by atoms with Crippen molar-refractivity contribution in [2.75, 3.05) is 6.54 Å². The fourth-order valence-electron chi connectivity index (χ4n) is 2.43. The molecule has 2 N–H and O–H groups in total. The van der Waals surface area contributed by atoms with E-state index in [1.807, 2.05) is 34.8 Å². The second-order valence-corrected chi connectivity index (χ2v) is 6.57. The maximum absolute atomic E-state index is 5.91. The fourth-order valence-corrected chi connectivity index (χ4v) is 3.39. The quantitative estimate of drug-likeness (QED) is 0.786. The molecule has 21 heavy (non-hydrogen) atoms. The van der Waals surface area contributed by atoms with E-state index < -0.39 is 0 Å². The van der Waals surface area contributed by atoms with E-state index in [4.69, 9.17) is 10.8 Å². The lowest BCUT2D eigenvalue weighted by molar-refractivity contribution is 0.499. The van der Waals surface area contributed by atoms with Crippen LogP contribution in [0.3, 0.4) is 0 Å². The van der Waals surface area contributed by atoms with Gasteiger partial charge in [-0.25, -0.2) is 0 Å². The van der Waals surface area contributed by atoms with Crippen molar-refractivity contribution < 1.29 is 0 Å². The van der Waals surface area contributed by atoms with Crippen LogP contribution in [-0.4, -0.2) is 26.4 Å². The first kappa shape index (κ1) is 14.2. The Bertz CT molecular complexity index is 716. The van der Waals surface area contributed by atoms with Crippen molar-refractivity contribution in [3.63, 3.8) is 0 Å². The molecule has 0 bridgehead atoms. The van der Waals surface area contributed by atoms with Crippen LogP contribution in [-0.2, 0) is 0 Å². The van der Waals surface area contributed by atoms with Crippen molar-refractivity contribution in [2.45, 2.75) is 26.2 Å². The van der Waals surface area contributed by atoms with Gasteiger partial charge >= 0.3 is 0 Å². The van der Waals surface area contributed by atoms with Gasteiger partial charge in [-0.3, -0.25) is 0 Å². The number of benzene rings is 1. The number of hydrogen-bond acceptors (Lipinski definition) is 5. The van der Waals surface area contributed by atoms with Crippen LogP contribution in [0, 0.1) is 5.92 Å². The van der Waals surface area contributed by atoms with Gasteiger partial charge in [0.2, 0.25) is 4.96 Å². The minimum atomic E-state index is 0.292. The number of nitrogens with zero attached hydrogens (tertiary/aromatic N) is 4. The Morgan fingerprint density at radius 2 is 1.95 bits per heavy atom. The van der Waals surface area contributed by atoms with E-state index >= 15 is 0 Å². The number of aromatic nitrogens is 4. The molecule has 6 heteroatoms. The van der Waals surface area contributed by atoms with Gasteiger partial charge < -0.3 is 5.73 Å². The molecular formula is C15H19N5S. The Kier molecular flexibility index (Phi) is 3.98. The molecule has 3 aromatic rings. The van der Waals surface area contributed by atoms with E-state index in [0.717, 1.165) is 27.8 Å². The number of rotatable bonds is 5. The molecule has 0 aliphatic carbocycles. The fraction of sp³-hybridized carbons (Fsp3) is 0.400. The second kappa shape index (κ2) is 5.91. The van der Waals surface area contributed by atoms with Crippen LogP contribution in [0.5, 0.6) is 0 Å². The molecular weight excluding hydrogens is 282 g/mol. The first-order chi connectivity index (χ1) is 10.2. The van der Waals surface area contributed by atoms with Crippen molar-refractivity contribution in [1.82, 2.24) is 19.8 Å². The summed E-state index contributed by atoms with van der Waals surface area (Å²) >= 11 is 1.59. The monoisotopic (exact) mass is 301 g/mol. The average molecular weight is 301 g/mol. The summed E-state index contributed by atoms with van der Waals surface area (Å²) in [5, 5.41) is 14.2. The van der Waals surface area contributed by atoms with Gasteiger partial charge in [-0.2, -0.15) is 9.61 Å². The molecule has 0 aliphatic rings. The van der Waals surface area contributed by atoms with Gasteiger partial charge in [0.1, 0.15) is 5.01 Å². The zero-order chi connectivity index (χ0) is 14.8. The maximum atomic E-state index is 5.91. The Labute approximate surface area is 127 Å². The number of fused-ring (bicyclic) bond motifs is 1. The minimum Gasteiger partial charge on any atom is -0.330 e. The lowest BCUT2D eigenvalue weighted by atomic mass is 9.98. The lowest BCUT2D eigenvalue weighted by Crippen LogP contribution is -2.14. The molecule has 3 rings (SSSR count). The summed E-state index contributed by atoms with van der Waals surface area (Å²) in [5.74, 6) is 1.68. The van der Waals surface area contributed by atoms with Crippen molar-refractivity contribution >= 4 is 16.3 Å². The smallest absolute Gasteiger partial charge is 0.234 e. The van der Waals surface area contributed by atoms with Crippen molar-refractivity contribution in [3.8, 4) is 11.4 Å². The zero-order valence-corrected chi connectivity index (χ0v) is 13.0. The summed E-state index contributed by atoms with van der Waals surface area (Å²) < 4.78 is 1.83. The SMILES string of the molecule is CC(C)CC(CN)c1nn2c(-c3ccccc3)nnc2s1. The van der Waals surface area contributed by atoms with Crippen molar-refractivity contribution in [1.29, 1.82) is 0 Å². The van der Waals surface area contributed by atoms with E-state index in [1.165, 1.54) is 0 Å². The molecule has 0 aliphatic heterocycles. The van der Waals surface area contributed by atoms with Gasteiger partial charge in [-0.05, 0) is 12.3 Å². The molecule has 1 atom stereocenters. The van der Waals surface area contributed by atoms with Crippen LogP contribution in [0.2, 0.25) is 0 Å². The molecule has 5 nitrogen and oxygen atoms in total. The van der Waals surface area contributed by atoms with E-state index in [1.54, 1.807) is 11.3 Å². The van der Waals surface area contributed by atoms with Gasteiger partial charge in [-0.15, -0.1) is 10.2 Å². The lowest BCUT2D eigenvalue weighted by Gasteiger charge is -2.13. The minimum absolute atomic E-state index is 0.292. The van der Waals surface area contributed by atoms with E-state index in [2.05, 4.69) is 24.0 Å². The summed E-state index contributed by atoms with van der Waals surface area (Å²) in [4.78, 5) is 0.825. The first-order valence-electron chi connectivity index (χ1n) is 7.16. The van der Waals surface area contributed by atoms with Crippen molar-refractivity contribution in [3.05, 3.63) is 35.3 Å². The summed E-state index contributed by atoms with van der Waals surface area (Å²) in [7, 11) is 0. The van der Waals surface area contributed by atoms with Crippen LogP contribution in [0.25, 0.3) is 16.3 Å². The highest BCUT2D eigenvalue weighted by Gasteiger charge is 2.19. The van der Waals surface area contributed by atoms with Gasteiger partial charge in [0.05, 0.1) is 0 Å². The normalized spacial score (nSPS) is 13.1. The molecule has 0 saturated heterocycles. The largest absolute Gasteiger partial charge is 0.330 e. The average Bonchev–Trinajstić information content (AvgIpc) is 3.05. The molecule has 0 spiro atoms. The highest BCUT2D eigenvalue weighted by molar-refractivity contribution is 7.16. The second-order valence-electron chi connectivity index (χ2n) is 5.59. The van der Waals surface area contributed by atoms with Gasteiger partial charge in [0.25, 0.3) is 0 Å². The van der Waals surface area contributed by atoms with Crippen molar-refractivity contribution in [2.24, 2.45) is 11.7 Å². The molecule has 0 saturated carbocycles. The molecule has 2 heterocycles. The van der Waals surface area contributed by atoms with Gasteiger partial charge in [-0.1, -0.05) is 55.5 Å². The van der Waals surface area contributed by atoms with E-state index in [0.29, 0.717) is 18.4 Å². The first-order valence-corrected chi connectivity index (χ1v) is 7.98. The maximum Gasteiger partial charge on any atom is 0.234 e. The van der Waals surface area contributed by atoms with Crippen LogP contribution >= 0.6 is 11.3 Å². The molecule has 1 aromatic carbocycles. The van der Waals surface area contributed by atoms with Crippen LogP contribution in [0.15, 0.2) is 30.3 Å². The van der Waals surface area contributed by atoms with Gasteiger partial charge in [0.15, 0.2) is 5.82 Å². The third kappa shape index (κ3) is 2.82. The Balaban J connectivity index is 2.00. The summed E-state index contributed by atoms with van der Waals surface area (Å²) in [5.41, 5.74) is 6.94. The van der Waals surface area contributed by atoms with E-state index in [9.17, 15) is 0 Å². The summed E-state index contributed by atoms with van der Waals surface area (Å²) in [6, 6.07) is 10.0. The molecule has 0 amide bonds. The molecule has 0 radical (unpaired) electrons. The Hall–Kier alpha value is -1.79. The Morgan fingerprint density at radius 1 is 1.19 bits per heavy atom. The van der Waals surface area contributed by atoms with Crippen LogP contribution < -0.4 is 5.73 Å². The summed E-state index contributed by atoms with van der Waals surface area (Å²) in [6.45, 7) is 5.03. The third-order valence-corrected chi connectivity index (χ3v) is 4.49. The number of hydrogen-bond donors (Lipinski definition) is 1. The number of nitrogens with two attached hydrogens (primary N) is 1. The zero-order valence-electron chi connectivity index (χ0n) is 12.2. The Morgan fingerprint density at radius 3 is 2.62 bits per heavy atom. The molecule has 1 unspecified atom stereocenters. The van der Waals surface area contributed by atoms with Crippen LogP contribution in [0.4, 0.5) is 0 Å². The molecule has 2 aromatic heterocycles. The molecule has 110 valence electrons. The predicted molar refractivity (Wildman–Crippen MR) is 85.3 cm³/mol. The standard InChI is InChI=1S/C15H19N5S/c1-10(2)8-12(9-16)14-19-20-13(17-18-15(20)21-14)11-6-4-3-5-7-11/h3-7,10,12H,8-9,16H2,1-2H3. The van der Waals surface area contributed by atoms with Crippen LogP contribution in [0.1, 0.15) is 31.2 Å². The van der Waals surface area contributed by atoms with Gasteiger partial charge in [0, 0.05) is 18.0 Å². The highest BCUT2D eigenvalue weighted by Crippen LogP contribution is 2.28. The molecule has 0 fully saturated rings. The third-order valence-electron chi connectivity index (χ3n) is 3.43.